The van der Waals surface area contributed by atoms with Gasteiger partial charge in [-0.15, -0.1) is 0 Å². The molecular formula is C21H22N2O2S2. The lowest BCUT2D eigenvalue weighted by atomic mass is 9.89. The summed E-state index contributed by atoms with van der Waals surface area (Å²) in [6, 6.07) is 12.3. The maximum Gasteiger partial charge on any atom is 0.148 e. The van der Waals surface area contributed by atoms with Gasteiger partial charge in [0, 0.05) is 22.9 Å². The molecule has 0 spiro atoms. The SMILES string of the molecule is COc1ccc(N=c2ssc3c2-c2cc(C)ccc2NC3(C)C)c(OC)c1. The third-order valence-electron chi connectivity index (χ3n) is 4.71. The highest BCUT2D eigenvalue weighted by Gasteiger charge is 2.33. The summed E-state index contributed by atoms with van der Waals surface area (Å²) in [5.41, 5.74) is 5.52. The first-order valence-electron chi connectivity index (χ1n) is 8.72. The Morgan fingerprint density at radius 1 is 1.00 bits per heavy atom. The zero-order chi connectivity index (χ0) is 19.2. The Kier molecular flexibility index (Phi) is 4.48. The van der Waals surface area contributed by atoms with Crippen molar-refractivity contribution in [2.45, 2.75) is 26.3 Å². The monoisotopic (exact) mass is 398 g/mol. The first-order chi connectivity index (χ1) is 12.9. The second-order valence-corrected chi connectivity index (χ2v) is 9.25. The van der Waals surface area contributed by atoms with E-state index in [1.807, 2.05) is 18.2 Å². The van der Waals surface area contributed by atoms with Gasteiger partial charge in [-0.25, -0.2) is 4.99 Å². The van der Waals surface area contributed by atoms with Crippen LogP contribution in [-0.2, 0) is 5.54 Å². The number of hydrogen-bond donors (Lipinski definition) is 1. The van der Waals surface area contributed by atoms with Gasteiger partial charge in [-0.05, 0) is 45.0 Å². The molecule has 0 unspecified atom stereocenters. The molecule has 0 radical (unpaired) electrons. The van der Waals surface area contributed by atoms with Gasteiger partial charge in [0.05, 0.1) is 24.6 Å². The molecule has 0 atom stereocenters. The Balaban J connectivity index is 1.96. The van der Waals surface area contributed by atoms with Crippen LogP contribution < -0.4 is 19.5 Å². The smallest absolute Gasteiger partial charge is 0.148 e. The minimum atomic E-state index is -0.128. The molecule has 0 fully saturated rings. The Labute approximate surface area is 166 Å². The topological polar surface area (TPSA) is 42.8 Å². The predicted molar refractivity (Wildman–Crippen MR) is 114 cm³/mol. The molecule has 1 aromatic heterocycles. The van der Waals surface area contributed by atoms with Crippen molar-refractivity contribution in [3.8, 4) is 22.6 Å². The number of methoxy groups -OCH3 is 2. The van der Waals surface area contributed by atoms with Crippen molar-refractivity contribution in [1.82, 2.24) is 0 Å². The first-order valence-corrected chi connectivity index (χ1v) is 10.9. The van der Waals surface area contributed by atoms with Gasteiger partial charge >= 0.3 is 0 Å². The van der Waals surface area contributed by atoms with Gasteiger partial charge in [-0.3, -0.25) is 0 Å². The molecule has 1 aliphatic heterocycles. The first kappa shape index (κ1) is 18.1. The highest BCUT2D eigenvalue weighted by atomic mass is 32.9. The number of aryl methyl sites for hydroxylation is 1. The van der Waals surface area contributed by atoms with Crippen LogP contribution in [0.15, 0.2) is 41.4 Å². The van der Waals surface area contributed by atoms with Crippen molar-refractivity contribution in [3.05, 3.63) is 51.5 Å². The largest absolute Gasteiger partial charge is 0.497 e. The maximum absolute atomic E-state index is 5.53. The van der Waals surface area contributed by atoms with E-state index in [1.54, 1.807) is 34.9 Å². The van der Waals surface area contributed by atoms with E-state index in [2.05, 4.69) is 44.3 Å². The van der Waals surface area contributed by atoms with Gasteiger partial charge in [0.2, 0.25) is 0 Å². The molecule has 0 aliphatic carbocycles. The molecule has 4 rings (SSSR count). The van der Waals surface area contributed by atoms with Crippen LogP contribution in [0.3, 0.4) is 0 Å². The summed E-state index contributed by atoms with van der Waals surface area (Å²) in [6.45, 7) is 6.56. The average molecular weight is 399 g/mol. The lowest BCUT2D eigenvalue weighted by Crippen LogP contribution is -2.31. The van der Waals surface area contributed by atoms with E-state index in [9.17, 15) is 0 Å². The van der Waals surface area contributed by atoms with Crippen molar-refractivity contribution in [2.75, 3.05) is 19.5 Å². The van der Waals surface area contributed by atoms with Crippen molar-refractivity contribution in [3.63, 3.8) is 0 Å². The van der Waals surface area contributed by atoms with Crippen LogP contribution in [0.2, 0.25) is 0 Å². The number of hydrogen-bond acceptors (Lipinski definition) is 6. The number of anilines is 1. The van der Waals surface area contributed by atoms with E-state index >= 15 is 0 Å². The van der Waals surface area contributed by atoms with Crippen LogP contribution in [0, 0.1) is 6.92 Å². The van der Waals surface area contributed by atoms with Crippen molar-refractivity contribution >= 4 is 32.1 Å². The van der Waals surface area contributed by atoms with E-state index < -0.39 is 0 Å². The van der Waals surface area contributed by atoms with Gasteiger partial charge in [0.15, 0.2) is 0 Å². The fourth-order valence-corrected chi connectivity index (χ4v) is 6.28. The molecule has 0 amide bonds. The van der Waals surface area contributed by atoms with Crippen LogP contribution in [0.4, 0.5) is 11.4 Å². The number of nitrogens with zero attached hydrogens (tertiary/aromatic N) is 1. The van der Waals surface area contributed by atoms with E-state index in [0.29, 0.717) is 5.75 Å². The molecule has 27 heavy (non-hydrogen) atoms. The summed E-state index contributed by atoms with van der Waals surface area (Å²) >= 11 is 0. The second kappa shape index (κ2) is 6.69. The van der Waals surface area contributed by atoms with E-state index in [-0.39, 0.29) is 5.54 Å². The fraction of sp³-hybridized carbons (Fsp3) is 0.286. The molecule has 6 heteroatoms. The van der Waals surface area contributed by atoms with Crippen LogP contribution in [0.25, 0.3) is 11.1 Å². The molecule has 4 nitrogen and oxygen atoms in total. The Bertz CT molecular complexity index is 1080. The second-order valence-electron chi connectivity index (χ2n) is 7.12. The van der Waals surface area contributed by atoms with Gasteiger partial charge in [0.1, 0.15) is 21.9 Å². The minimum absolute atomic E-state index is 0.128. The molecule has 0 bridgehead atoms. The van der Waals surface area contributed by atoms with Crippen LogP contribution in [0.5, 0.6) is 11.5 Å². The van der Waals surface area contributed by atoms with Gasteiger partial charge < -0.3 is 14.8 Å². The number of benzene rings is 2. The predicted octanol–water partition coefficient (Wildman–Crippen LogP) is 5.70. The number of nitrogens with one attached hydrogen (secondary N) is 1. The molecule has 140 valence electrons. The summed E-state index contributed by atoms with van der Waals surface area (Å²) in [7, 11) is 6.81. The summed E-state index contributed by atoms with van der Waals surface area (Å²) in [4.78, 5) is 6.29. The molecule has 2 heterocycles. The molecule has 1 aliphatic rings. The standard InChI is InChI=1S/C21H22N2O2S2/c1-12-6-8-15-14(10-12)18-19(21(2,3)23-15)26-27-20(18)22-16-9-7-13(24-4)11-17(16)25-5/h6-11,23H,1-5H3. The highest BCUT2D eigenvalue weighted by molar-refractivity contribution is 7.68. The van der Waals surface area contributed by atoms with Gasteiger partial charge in [-0.2, -0.15) is 0 Å². The summed E-state index contributed by atoms with van der Waals surface area (Å²) in [6.07, 6.45) is 0. The molecule has 0 saturated carbocycles. The minimum Gasteiger partial charge on any atom is -0.497 e. The number of ether oxygens (including phenoxy) is 2. The number of fused-ring (bicyclic) bond motifs is 3. The average Bonchev–Trinajstić information content (AvgIpc) is 3.08. The Morgan fingerprint density at radius 3 is 2.56 bits per heavy atom. The third-order valence-corrected chi connectivity index (χ3v) is 7.35. The number of rotatable bonds is 3. The summed E-state index contributed by atoms with van der Waals surface area (Å²) in [5, 5.41) is 3.67. The summed E-state index contributed by atoms with van der Waals surface area (Å²) in [5.74, 6) is 1.47. The third kappa shape index (κ3) is 3.13. The van der Waals surface area contributed by atoms with Crippen LogP contribution in [0.1, 0.15) is 24.3 Å². The van der Waals surface area contributed by atoms with Crippen LogP contribution in [-0.4, -0.2) is 14.2 Å². The lowest BCUT2D eigenvalue weighted by molar-refractivity contribution is 0.395. The molecule has 1 N–H and O–H groups in total. The van der Waals surface area contributed by atoms with Gasteiger partial charge in [0.25, 0.3) is 0 Å². The molecule has 0 saturated heterocycles. The van der Waals surface area contributed by atoms with Gasteiger partial charge in [-0.1, -0.05) is 32.3 Å². The Hall–Kier alpha value is -2.31. The molecule has 2 aromatic carbocycles. The zero-order valence-electron chi connectivity index (χ0n) is 16.0. The van der Waals surface area contributed by atoms with Crippen molar-refractivity contribution in [1.29, 1.82) is 0 Å². The normalized spacial score (nSPS) is 14.9. The lowest BCUT2D eigenvalue weighted by Gasteiger charge is -2.33. The van der Waals surface area contributed by atoms with E-state index in [1.165, 1.54) is 21.6 Å². The molecule has 3 aromatic rings. The van der Waals surface area contributed by atoms with E-state index in [0.717, 1.165) is 21.8 Å². The van der Waals surface area contributed by atoms with Crippen molar-refractivity contribution < 1.29 is 9.47 Å². The zero-order valence-corrected chi connectivity index (χ0v) is 17.7. The van der Waals surface area contributed by atoms with E-state index in [4.69, 9.17) is 14.5 Å². The quantitative estimate of drug-likeness (QED) is 0.576. The highest BCUT2D eigenvalue weighted by Crippen LogP contribution is 2.45. The summed E-state index contributed by atoms with van der Waals surface area (Å²) < 4.78 is 11.8. The maximum atomic E-state index is 5.53. The molecular weight excluding hydrogens is 376 g/mol. The fourth-order valence-electron chi connectivity index (χ4n) is 3.34. The van der Waals surface area contributed by atoms with Crippen molar-refractivity contribution in [2.24, 2.45) is 4.99 Å². The Morgan fingerprint density at radius 2 is 1.81 bits per heavy atom. The van der Waals surface area contributed by atoms with Crippen LogP contribution >= 0.6 is 20.7 Å².